The van der Waals surface area contributed by atoms with Gasteiger partial charge in [-0.3, -0.25) is 0 Å². The summed E-state index contributed by atoms with van der Waals surface area (Å²) >= 11 is 9.96. The van der Waals surface area contributed by atoms with Crippen LogP contribution in [-0.4, -0.2) is 6.61 Å². The molecule has 0 saturated heterocycles. The molecular weight excluding hydrogens is 312 g/mol. The zero-order valence-corrected chi connectivity index (χ0v) is 12.0. The molecule has 1 heterocycles. The zero-order chi connectivity index (χ0) is 12.5. The predicted octanol–water partition coefficient (Wildman–Crippen LogP) is 4.76. The van der Waals surface area contributed by atoms with Crippen molar-refractivity contribution in [3.63, 3.8) is 0 Å². The number of alkyl halides is 1. The van der Waals surface area contributed by atoms with Crippen LogP contribution < -0.4 is 4.74 Å². The Bertz CT molecular complexity index is 582. The number of ether oxygens (including phenoxy) is 1. The summed E-state index contributed by atoms with van der Waals surface area (Å²) in [5, 5.41) is 0.788. The third-order valence-electron chi connectivity index (χ3n) is 3.18. The lowest BCUT2D eigenvalue weighted by Crippen LogP contribution is -1.94. The molecule has 3 heteroatoms. The van der Waals surface area contributed by atoms with Crippen molar-refractivity contribution in [2.45, 2.75) is 11.2 Å². The molecule has 3 rings (SSSR count). The second kappa shape index (κ2) is 4.94. The number of hydrogen-bond donors (Lipinski definition) is 0. The molecule has 2 aromatic rings. The molecule has 0 N–H and O–H groups in total. The smallest absolute Gasteiger partial charge is 0.122 e. The van der Waals surface area contributed by atoms with Crippen molar-refractivity contribution < 1.29 is 4.74 Å². The predicted molar refractivity (Wildman–Crippen MR) is 77.9 cm³/mol. The van der Waals surface area contributed by atoms with Crippen LogP contribution in [0.25, 0.3) is 0 Å². The molecule has 1 unspecified atom stereocenters. The van der Waals surface area contributed by atoms with Crippen LogP contribution in [0.5, 0.6) is 5.75 Å². The lowest BCUT2D eigenvalue weighted by atomic mass is 10.0. The first kappa shape index (κ1) is 12.1. The van der Waals surface area contributed by atoms with Gasteiger partial charge in [-0.1, -0.05) is 57.9 Å². The summed E-state index contributed by atoms with van der Waals surface area (Å²) in [6.45, 7) is 0.790. The Morgan fingerprint density at radius 2 is 2.00 bits per heavy atom. The molecule has 0 amide bonds. The maximum Gasteiger partial charge on any atom is 0.122 e. The summed E-state index contributed by atoms with van der Waals surface area (Å²) in [6.07, 6.45) is 0.991. The fourth-order valence-electron chi connectivity index (χ4n) is 2.22. The van der Waals surface area contributed by atoms with Gasteiger partial charge in [0.15, 0.2) is 0 Å². The molecule has 0 saturated carbocycles. The van der Waals surface area contributed by atoms with Gasteiger partial charge in [-0.15, -0.1) is 0 Å². The second-order valence-electron chi connectivity index (χ2n) is 4.35. The first-order chi connectivity index (χ1) is 8.75. The SMILES string of the molecule is Clc1ccccc1C(Br)c1ccc2c(c1)CCO2. The van der Waals surface area contributed by atoms with E-state index in [-0.39, 0.29) is 4.83 Å². The highest BCUT2D eigenvalue weighted by molar-refractivity contribution is 9.09. The molecule has 1 aliphatic heterocycles. The number of hydrogen-bond acceptors (Lipinski definition) is 1. The van der Waals surface area contributed by atoms with Crippen molar-refractivity contribution in [1.82, 2.24) is 0 Å². The lowest BCUT2D eigenvalue weighted by Gasteiger charge is -2.13. The highest BCUT2D eigenvalue weighted by Crippen LogP contribution is 2.37. The van der Waals surface area contributed by atoms with Crippen molar-refractivity contribution in [2.75, 3.05) is 6.61 Å². The maximum absolute atomic E-state index is 6.23. The van der Waals surface area contributed by atoms with E-state index in [1.54, 1.807) is 0 Å². The van der Waals surface area contributed by atoms with Crippen LogP contribution >= 0.6 is 27.5 Å². The van der Waals surface area contributed by atoms with Gasteiger partial charge in [-0.05, 0) is 28.8 Å². The van der Waals surface area contributed by atoms with Gasteiger partial charge < -0.3 is 4.74 Å². The van der Waals surface area contributed by atoms with Gasteiger partial charge in [0.05, 0.1) is 11.4 Å². The summed E-state index contributed by atoms with van der Waals surface area (Å²) in [4.78, 5) is 0.122. The van der Waals surface area contributed by atoms with E-state index in [0.29, 0.717) is 0 Å². The minimum Gasteiger partial charge on any atom is -0.493 e. The number of halogens is 2. The first-order valence-electron chi connectivity index (χ1n) is 5.90. The average Bonchev–Trinajstić information content (AvgIpc) is 2.85. The monoisotopic (exact) mass is 322 g/mol. The summed E-state index contributed by atoms with van der Waals surface area (Å²) in [6, 6.07) is 14.3. The molecule has 0 aromatic heterocycles. The van der Waals surface area contributed by atoms with E-state index >= 15 is 0 Å². The molecule has 1 atom stereocenters. The van der Waals surface area contributed by atoms with E-state index in [0.717, 1.165) is 29.4 Å². The molecule has 1 nitrogen and oxygen atoms in total. The van der Waals surface area contributed by atoms with Gasteiger partial charge in [0, 0.05) is 11.4 Å². The van der Waals surface area contributed by atoms with E-state index in [2.05, 4.69) is 28.1 Å². The summed E-state index contributed by atoms with van der Waals surface area (Å²) in [5.74, 6) is 1.01. The van der Waals surface area contributed by atoms with Crippen molar-refractivity contribution in [1.29, 1.82) is 0 Å². The summed E-state index contributed by atoms with van der Waals surface area (Å²) in [5.41, 5.74) is 3.59. The lowest BCUT2D eigenvalue weighted by molar-refractivity contribution is 0.357. The normalized spacial score (nSPS) is 15.0. The van der Waals surface area contributed by atoms with Crippen LogP contribution in [0.2, 0.25) is 5.02 Å². The van der Waals surface area contributed by atoms with Crippen molar-refractivity contribution in [2.24, 2.45) is 0 Å². The van der Waals surface area contributed by atoms with Crippen LogP contribution in [0.4, 0.5) is 0 Å². The van der Waals surface area contributed by atoms with Crippen LogP contribution in [0.15, 0.2) is 42.5 Å². The number of fused-ring (bicyclic) bond motifs is 1. The molecule has 0 fully saturated rings. The third-order valence-corrected chi connectivity index (χ3v) is 4.55. The Morgan fingerprint density at radius 3 is 2.83 bits per heavy atom. The van der Waals surface area contributed by atoms with E-state index in [4.69, 9.17) is 16.3 Å². The molecular formula is C15H12BrClO. The largest absolute Gasteiger partial charge is 0.493 e. The molecule has 18 heavy (non-hydrogen) atoms. The van der Waals surface area contributed by atoms with Crippen LogP contribution in [0.1, 0.15) is 21.5 Å². The maximum atomic E-state index is 6.23. The molecule has 2 aromatic carbocycles. The highest BCUT2D eigenvalue weighted by Gasteiger charge is 2.17. The fraction of sp³-hybridized carbons (Fsp3) is 0.200. The van der Waals surface area contributed by atoms with Crippen LogP contribution in [-0.2, 0) is 6.42 Å². The van der Waals surface area contributed by atoms with E-state index in [1.165, 1.54) is 11.1 Å². The molecule has 92 valence electrons. The molecule has 0 bridgehead atoms. The molecule has 0 radical (unpaired) electrons. The average molecular weight is 324 g/mol. The Labute approximate surface area is 120 Å². The van der Waals surface area contributed by atoms with Crippen molar-refractivity contribution in [3.8, 4) is 5.75 Å². The van der Waals surface area contributed by atoms with Gasteiger partial charge in [0.25, 0.3) is 0 Å². The van der Waals surface area contributed by atoms with Gasteiger partial charge in [-0.25, -0.2) is 0 Å². The van der Waals surface area contributed by atoms with Gasteiger partial charge in [0.2, 0.25) is 0 Å². The highest BCUT2D eigenvalue weighted by atomic mass is 79.9. The Morgan fingerprint density at radius 1 is 1.17 bits per heavy atom. The number of benzene rings is 2. The molecule has 0 aliphatic carbocycles. The molecule has 0 spiro atoms. The quantitative estimate of drug-likeness (QED) is 0.724. The number of rotatable bonds is 2. The van der Waals surface area contributed by atoms with E-state index in [1.807, 2.05) is 30.3 Å². The Hall–Kier alpha value is -0.990. The van der Waals surface area contributed by atoms with E-state index < -0.39 is 0 Å². The van der Waals surface area contributed by atoms with Crippen molar-refractivity contribution >= 4 is 27.5 Å². The zero-order valence-electron chi connectivity index (χ0n) is 9.70. The van der Waals surface area contributed by atoms with Crippen molar-refractivity contribution in [3.05, 3.63) is 64.2 Å². The Kier molecular flexibility index (Phi) is 3.31. The van der Waals surface area contributed by atoms with Crippen LogP contribution in [0, 0.1) is 0 Å². The fourth-order valence-corrected chi connectivity index (χ4v) is 3.28. The topological polar surface area (TPSA) is 9.23 Å². The minimum absolute atomic E-state index is 0.122. The van der Waals surface area contributed by atoms with Gasteiger partial charge in [-0.2, -0.15) is 0 Å². The van der Waals surface area contributed by atoms with Gasteiger partial charge in [0.1, 0.15) is 5.75 Å². The van der Waals surface area contributed by atoms with E-state index in [9.17, 15) is 0 Å². The second-order valence-corrected chi connectivity index (χ2v) is 5.67. The molecule has 1 aliphatic rings. The third kappa shape index (κ3) is 2.15. The minimum atomic E-state index is 0.122. The Balaban J connectivity index is 1.98. The summed E-state index contributed by atoms with van der Waals surface area (Å²) in [7, 11) is 0. The summed E-state index contributed by atoms with van der Waals surface area (Å²) < 4.78 is 5.52. The van der Waals surface area contributed by atoms with Gasteiger partial charge >= 0.3 is 0 Å². The first-order valence-corrected chi connectivity index (χ1v) is 7.19. The van der Waals surface area contributed by atoms with Crippen LogP contribution in [0.3, 0.4) is 0 Å². The standard InChI is InChI=1S/C15H12BrClO/c16-15(12-3-1-2-4-13(12)17)11-5-6-14-10(9-11)7-8-18-14/h1-6,9,15H,7-8H2.